The first-order valence-electron chi connectivity index (χ1n) is 4.64. The maximum atomic E-state index is 10.8. The Morgan fingerprint density at radius 1 is 1.43 bits per heavy atom. The van der Waals surface area contributed by atoms with E-state index in [-0.39, 0.29) is 0 Å². The van der Waals surface area contributed by atoms with Gasteiger partial charge in [0.1, 0.15) is 0 Å². The number of nitrogens with one attached hydrogen (secondary N) is 1. The molecule has 2 rings (SSSR count). The van der Waals surface area contributed by atoms with Crippen molar-refractivity contribution in [2.24, 2.45) is 0 Å². The number of aromatic amines is 1. The van der Waals surface area contributed by atoms with E-state index in [1.807, 2.05) is 6.07 Å². The van der Waals surface area contributed by atoms with Gasteiger partial charge in [-0.15, -0.1) is 0 Å². The molecule has 0 aliphatic rings. The van der Waals surface area contributed by atoms with Crippen molar-refractivity contribution in [3.05, 3.63) is 29.5 Å². The Morgan fingerprint density at radius 3 is 2.86 bits per heavy atom. The lowest BCUT2D eigenvalue weighted by Gasteiger charge is -2.06. The summed E-state index contributed by atoms with van der Waals surface area (Å²) in [6.07, 6.45) is 2.61. The van der Waals surface area contributed by atoms with Gasteiger partial charge in [0.15, 0.2) is 6.29 Å². The molecule has 0 amide bonds. The Bertz CT molecular complexity index is 471. The van der Waals surface area contributed by atoms with Gasteiger partial charge in [-0.05, 0) is 23.6 Å². The lowest BCUT2D eigenvalue weighted by molar-refractivity contribution is 0.112. The molecule has 2 aromatic rings. The van der Waals surface area contributed by atoms with E-state index in [2.05, 4.69) is 30.1 Å². The summed E-state index contributed by atoms with van der Waals surface area (Å²) < 4.78 is 0. The van der Waals surface area contributed by atoms with Gasteiger partial charge >= 0.3 is 0 Å². The van der Waals surface area contributed by atoms with E-state index in [0.717, 1.165) is 17.2 Å². The van der Waals surface area contributed by atoms with Gasteiger partial charge in [0, 0.05) is 10.9 Å². The average Bonchev–Trinajstić information content (AvgIpc) is 2.63. The minimum atomic E-state index is 0.424. The number of aromatic nitrogens is 2. The third-order valence-corrected chi connectivity index (χ3v) is 2.40. The summed E-state index contributed by atoms with van der Waals surface area (Å²) in [5.41, 5.74) is 2.68. The van der Waals surface area contributed by atoms with E-state index in [4.69, 9.17) is 0 Å². The molecule has 0 saturated heterocycles. The number of aldehydes is 1. The van der Waals surface area contributed by atoms with Crippen LogP contribution in [-0.4, -0.2) is 16.5 Å². The molecule has 0 radical (unpaired) electrons. The van der Waals surface area contributed by atoms with Crippen molar-refractivity contribution in [1.82, 2.24) is 10.2 Å². The highest BCUT2D eigenvalue weighted by atomic mass is 16.1. The minimum Gasteiger partial charge on any atom is -0.298 e. The molecule has 3 heteroatoms. The number of nitrogens with zero attached hydrogens (tertiary/aromatic N) is 1. The van der Waals surface area contributed by atoms with Gasteiger partial charge in [0.25, 0.3) is 0 Å². The van der Waals surface area contributed by atoms with Gasteiger partial charge in [-0.25, -0.2) is 0 Å². The van der Waals surface area contributed by atoms with Crippen LogP contribution in [0.2, 0.25) is 0 Å². The van der Waals surface area contributed by atoms with Crippen molar-refractivity contribution in [3.8, 4) is 0 Å². The Kier molecular flexibility index (Phi) is 2.08. The first-order chi connectivity index (χ1) is 6.72. The smallest absolute Gasteiger partial charge is 0.152 e. The average molecular weight is 188 g/mol. The van der Waals surface area contributed by atoms with E-state index in [1.165, 1.54) is 5.56 Å². The molecule has 72 valence electrons. The standard InChI is InChI=1S/C11H12N2O/c1-7(2)8-3-9-5-12-13-11(9)10(4-8)6-14/h3-7H,1-2H3,(H,12,13). The zero-order chi connectivity index (χ0) is 10.1. The van der Waals surface area contributed by atoms with Crippen molar-refractivity contribution in [3.63, 3.8) is 0 Å². The van der Waals surface area contributed by atoms with Gasteiger partial charge in [-0.2, -0.15) is 5.10 Å². The third-order valence-electron chi connectivity index (χ3n) is 2.40. The van der Waals surface area contributed by atoms with Gasteiger partial charge in [0.05, 0.1) is 11.7 Å². The van der Waals surface area contributed by atoms with Crippen LogP contribution in [0.15, 0.2) is 18.3 Å². The Labute approximate surface area is 82.1 Å². The number of carbonyl (C=O) groups excluding carboxylic acids is 1. The monoisotopic (exact) mass is 188 g/mol. The molecule has 1 aromatic carbocycles. The third kappa shape index (κ3) is 1.31. The lowest BCUT2D eigenvalue weighted by Crippen LogP contribution is -1.91. The fourth-order valence-electron chi connectivity index (χ4n) is 1.54. The zero-order valence-corrected chi connectivity index (χ0v) is 8.24. The molecule has 0 fully saturated rings. The zero-order valence-electron chi connectivity index (χ0n) is 8.24. The Hall–Kier alpha value is -1.64. The largest absolute Gasteiger partial charge is 0.298 e. The van der Waals surface area contributed by atoms with Crippen LogP contribution < -0.4 is 0 Å². The predicted octanol–water partition coefficient (Wildman–Crippen LogP) is 2.50. The summed E-state index contributed by atoms with van der Waals surface area (Å²) in [6, 6.07) is 3.98. The minimum absolute atomic E-state index is 0.424. The van der Waals surface area contributed by atoms with Crippen molar-refractivity contribution in [2.75, 3.05) is 0 Å². The predicted molar refractivity (Wildman–Crippen MR) is 55.6 cm³/mol. The quantitative estimate of drug-likeness (QED) is 0.736. The van der Waals surface area contributed by atoms with Crippen molar-refractivity contribution in [2.45, 2.75) is 19.8 Å². The highest BCUT2D eigenvalue weighted by molar-refractivity contribution is 5.95. The highest BCUT2D eigenvalue weighted by Gasteiger charge is 2.07. The molecule has 0 aliphatic heterocycles. The molecule has 0 saturated carbocycles. The summed E-state index contributed by atoms with van der Waals surface area (Å²) in [6.45, 7) is 4.21. The van der Waals surface area contributed by atoms with Crippen LogP contribution in [-0.2, 0) is 0 Å². The number of carbonyl (C=O) groups is 1. The van der Waals surface area contributed by atoms with Crippen LogP contribution in [0.5, 0.6) is 0 Å². The summed E-state index contributed by atoms with van der Waals surface area (Å²) >= 11 is 0. The molecule has 3 nitrogen and oxygen atoms in total. The SMILES string of the molecule is CC(C)c1cc(C=O)c2[nH]ncc2c1. The first kappa shape index (κ1) is 8.94. The summed E-state index contributed by atoms with van der Waals surface area (Å²) in [5.74, 6) is 0.424. The van der Waals surface area contributed by atoms with Crippen LogP contribution in [0.1, 0.15) is 35.7 Å². The second-order valence-electron chi connectivity index (χ2n) is 3.72. The summed E-state index contributed by atoms with van der Waals surface area (Å²) in [4.78, 5) is 10.8. The van der Waals surface area contributed by atoms with E-state index < -0.39 is 0 Å². The number of hydrogen-bond donors (Lipinski definition) is 1. The molecule has 1 heterocycles. The topological polar surface area (TPSA) is 45.8 Å². The van der Waals surface area contributed by atoms with E-state index in [9.17, 15) is 4.79 Å². The van der Waals surface area contributed by atoms with E-state index in [1.54, 1.807) is 6.20 Å². The van der Waals surface area contributed by atoms with Gasteiger partial charge in [0.2, 0.25) is 0 Å². The normalized spacial score (nSPS) is 11.1. The molecule has 1 aromatic heterocycles. The van der Waals surface area contributed by atoms with Gasteiger partial charge in [-0.1, -0.05) is 13.8 Å². The summed E-state index contributed by atoms with van der Waals surface area (Å²) in [7, 11) is 0. The van der Waals surface area contributed by atoms with E-state index >= 15 is 0 Å². The number of rotatable bonds is 2. The summed E-state index contributed by atoms with van der Waals surface area (Å²) in [5, 5.41) is 7.75. The van der Waals surface area contributed by atoms with Crippen LogP contribution in [0, 0.1) is 0 Å². The highest BCUT2D eigenvalue weighted by Crippen LogP contribution is 2.22. The molecular weight excluding hydrogens is 176 g/mol. The molecule has 0 unspecified atom stereocenters. The molecule has 0 atom stereocenters. The van der Waals surface area contributed by atoms with Crippen molar-refractivity contribution in [1.29, 1.82) is 0 Å². The molecule has 1 N–H and O–H groups in total. The maximum Gasteiger partial charge on any atom is 0.152 e. The van der Waals surface area contributed by atoms with Gasteiger partial charge in [-0.3, -0.25) is 9.89 Å². The number of hydrogen-bond acceptors (Lipinski definition) is 2. The fraction of sp³-hybridized carbons (Fsp3) is 0.273. The molecule has 0 spiro atoms. The fourth-order valence-corrected chi connectivity index (χ4v) is 1.54. The first-order valence-corrected chi connectivity index (χ1v) is 4.64. The maximum absolute atomic E-state index is 10.8. The lowest BCUT2D eigenvalue weighted by atomic mass is 9.99. The molecule has 14 heavy (non-hydrogen) atoms. The number of benzene rings is 1. The second-order valence-corrected chi connectivity index (χ2v) is 3.72. The number of H-pyrrole nitrogens is 1. The van der Waals surface area contributed by atoms with Crippen molar-refractivity contribution >= 4 is 17.2 Å². The molecular formula is C11H12N2O. The van der Waals surface area contributed by atoms with Crippen LogP contribution in [0.4, 0.5) is 0 Å². The second kappa shape index (κ2) is 3.25. The van der Waals surface area contributed by atoms with Crippen LogP contribution >= 0.6 is 0 Å². The van der Waals surface area contributed by atoms with E-state index in [0.29, 0.717) is 11.5 Å². The molecule has 0 aliphatic carbocycles. The van der Waals surface area contributed by atoms with Gasteiger partial charge < -0.3 is 0 Å². The number of fused-ring (bicyclic) bond motifs is 1. The van der Waals surface area contributed by atoms with Crippen LogP contribution in [0.3, 0.4) is 0 Å². The Balaban J connectivity index is 2.73. The Morgan fingerprint density at radius 2 is 2.21 bits per heavy atom. The van der Waals surface area contributed by atoms with Crippen molar-refractivity contribution < 1.29 is 4.79 Å². The van der Waals surface area contributed by atoms with Crippen LogP contribution in [0.25, 0.3) is 10.9 Å². The molecule has 0 bridgehead atoms.